The summed E-state index contributed by atoms with van der Waals surface area (Å²) < 4.78 is 176. The van der Waals surface area contributed by atoms with Crippen LogP contribution in [0, 0.1) is 0 Å². The third-order valence-electron chi connectivity index (χ3n) is 0. The topological polar surface area (TPSA) is 0 Å². The van der Waals surface area contributed by atoms with Crippen LogP contribution in [0.4, 0.5) is 75.5 Å². The van der Waals surface area contributed by atoms with E-state index in [-0.39, 0.29) is 17.4 Å². The van der Waals surface area contributed by atoms with Gasteiger partial charge in [-0.25, -0.2) is 0 Å². The molecule has 0 heterocycles. The first-order chi connectivity index (χ1) is 10.4. The average Bonchev–Trinajstić information content (AvgIpc) is 2.08. The molecule has 0 unspecified atom stereocenters. The van der Waals surface area contributed by atoms with E-state index in [2.05, 4.69) is 0 Å². The van der Waals surface area contributed by atoms with Crippen molar-refractivity contribution in [2.24, 2.45) is 0 Å². The molecule has 0 radical (unpaired) electrons. The van der Waals surface area contributed by atoms with E-state index in [1.807, 2.05) is 0 Å². The minimum absolute atomic E-state index is 0. The molecule has 25 heavy (non-hydrogen) atoms. The number of hydrogen-bond acceptors (Lipinski definition) is 0. The summed E-state index contributed by atoms with van der Waals surface area (Å²) in [6.07, 6.45) is 0. The van der Waals surface area contributed by atoms with Crippen LogP contribution in [0.25, 0.3) is 0 Å². The summed E-state index contributed by atoms with van der Waals surface area (Å²) in [5.41, 5.74) is 0. The Morgan fingerprint density at radius 1 is 0.200 bits per heavy atom. The molecule has 0 aliphatic carbocycles. The summed E-state index contributed by atoms with van der Waals surface area (Å²) in [6.45, 7) is 0. The van der Waals surface area contributed by atoms with Crippen LogP contribution < -0.4 is 0 Å². The van der Waals surface area contributed by atoms with E-state index in [9.17, 15) is 75.5 Å². The summed E-state index contributed by atoms with van der Waals surface area (Å²) in [5.74, 6) is 0. The van der Waals surface area contributed by atoms with E-state index >= 15 is 0 Å². The Bertz CT molecular complexity index is 101. The third kappa shape index (κ3) is 4290. The van der Waals surface area contributed by atoms with Gasteiger partial charge in [0.2, 0.25) is 0 Å². The van der Waals surface area contributed by atoms with E-state index in [1.54, 1.807) is 0 Å². The Kier molecular flexibility index (Phi) is 73.8. The minimum atomic E-state index is -4.38. The molecule has 0 rings (SSSR count). The van der Waals surface area contributed by atoms with Gasteiger partial charge in [0.25, 0.3) is 0 Å². The van der Waals surface area contributed by atoms with Crippen molar-refractivity contribution >= 4 is 53.1 Å². The fourth-order valence-corrected chi connectivity index (χ4v) is 0. The van der Waals surface area contributed by atoms with Gasteiger partial charge in [-0.15, -0.1) is 0 Å². The Morgan fingerprint density at radius 3 is 0.200 bits per heavy atom. The molecule has 0 fully saturated rings. The number of halogens is 18. The first kappa shape index (κ1) is 45.5. The van der Waals surface area contributed by atoms with Crippen LogP contribution >= 0.6 is 53.1 Å². The monoisotopic (exact) mass is 586 g/mol. The van der Waals surface area contributed by atoms with Gasteiger partial charge in [-0.2, -0.15) is 0 Å². The van der Waals surface area contributed by atoms with Crippen molar-refractivity contribution < 1.29 is 92.9 Å². The maximum atomic E-state index is 9.77. The van der Waals surface area contributed by atoms with Gasteiger partial charge in [0, 0.05) is 92.9 Å². The second-order valence-corrected chi connectivity index (χ2v) is 3.86. The predicted molar refractivity (Wildman–Crippen MR) is 69.8 cm³/mol. The zero-order valence-electron chi connectivity index (χ0n) is 10.2. The minimum Gasteiger partial charge on any atom is 0 e. The molecule has 162 valence electrons. The Labute approximate surface area is 146 Å². The van der Waals surface area contributed by atoms with Crippen molar-refractivity contribution in [3.05, 3.63) is 0 Å². The van der Waals surface area contributed by atoms with E-state index in [4.69, 9.17) is 0 Å². The molecule has 0 bridgehead atoms. The van der Waals surface area contributed by atoms with Gasteiger partial charge in [0.05, 0.1) is 0 Å². The first-order valence-electron chi connectivity index (χ1n) is 3.40. The molecule has 0 aliphatic rings. The quantitative estimate of drug-likeness (QED) is 0.196. The van der Waals surface area contributed by atoms with E-state index in [0.717, 1.165) is 0 Å². The fourth-order valence-electron chi connectivity index (χ4n) is 0. The SMILES string of the molecule is F[PH+](F)F.F[PH+](F)F.F[PH+](F)F.F[PH+](F)F.F[PH+](F)F.F[PH+](F)F.[Cr]. The summed E-state index contributed by atoms with van der Waals surface area (Å²) in [7, 11) is -26.3. The predicted octanol–water partition coefficient (Wildman–Crippen LogP) is 11.1. The van der Waals surface area contributed by atoms with Gasteiger partial charge in [0.1, 0.15) is 0 Å². The molecule has 0 aromatic heterocycles. The normalized spacial score (nSPS) is 8.64. The molecule has 0 amide bonds. The van der Waals surface area contributed by atoms with Gasteiger partial charge in [-0.1, -0.05) is 0 Å². The van der Waals surface area contributed by atoms with Gasteiger partial charge < -0.3 is 0 Å². The van der Waals surface area contributed by atoms with E-state index in [1.165, 1.54) is 0 Å². The van der Waals surface area contributed by atoms with E-state index in [0.29, 0.717) is 0 Å². The van der Waals surface area contributed by atoms with Crippen molar-refractivity contribution in [2.75, 3.05) is 0 Å². The molecule has 0 spiro atoms. The zero-order chi connectivity index (χ0) is 21.5. The third-order valence-corrected chi connectivity index (χ3v) is 0. The van der Waals surface area contributed by atoms with Gasteiger partial charge in [0.15, 0.2) is 0 Å². The van der Waals surface area contributed by atoms with Crippen molar-refractivity contribution in [3.8, 4) is 0 Å². The number of hydrogen-bond donors (Lipinski definition) is 0. The first-order valence-corrected chi connectivity index (χ1v) is 10.2. The van der Waals surface area contributed by atoms with Crippen LogP contribution in [0.15, 0.2) is 0 Å². The van der Waals surface area contributed by atoms with Crippen LogP contribution in [0.1, 0.15) is 0 Å². The molecular formula is H6CrF18P6+6. The molecule has 0 N–H and O–H groups in total. The molecule has 0 nitrogen and oxygen atoms in total. The van der Waals surface area contributed by atoms with Crippen molar-refractivity contribution in [1.29, 1.82) is 0 Å². The summed E-state index contributed by atoms with van der Waals surface area (Å²) in [5, 5.41) is 0. The maximum Gasteiger partial charge on any atom is 0.558 e. The largest absolute Gasteiger partial charge is 0.558 e. The van der Waals surface area contributed by atoms with Gasteiger partial charge >= 0.3 is 53.1 Å². The molecule has 0 aromatic rings. The number of rotatable bonds is 0. The molecular weight excluding hydrogens is 580 g/mol. The fraction of sp³-hybridized carbons (Fsp3) is 0. The Balaban J connectivity index is -0.0000000309. The van der Waals surface area contributed by atoms with Crippen LogP contribution in [0.2, 0.25) is 0 Å². The second-order valence-electron chi connectivity index (χ2n) is 1.29. The standard InChI is InChI=1S/Cr.6F3HP/c;6*1-4(2)3/h;6*4H/q;6*+1. The van der Waals surface area contributed by atoms with Crippen LogP contribution in [-0.2, 0) is 17.4 Å². The van der Waals surface area contributed by atoms with Crippen LogP contribution in [0.3, 0.4) is 0 Å². The van der Waals surface area contributed by atoms with Crippen LogP contribution in [0.5, 0.6) is 0 Å². The zero-order valence-corrected chi connectivity index (χ0v) is 17.5. The van der Waals surface area contributed by atoms with Crippen molar-refractivity contribution in [2.45, 2.75) is 0 Å². The summed E-state index contributed by atoms with van der Waals surface area (Å²) >= 11 is 0. The maximum absolute atomic E-state index is 9.77. The van der Waals surface area contributed by atoms with Crippen molar-refractivity contribution in [3.63, 3.8) is 0 Å². The van der Waals surface area contributed by atoms with E-state index < -0.39 is 53.1 Å². The van der Waals surface area contributed by atoms with Gasteiger partial charge in [-0.3, -0.25) is 0 Å². The molecule has 0 aromatic carbocycles. The molecule has 0 atom stereocenters. The van der Waals surface area contributed by atoms with Crippen molar-refractivity contribution in [1.82, 2.24) is 0 Å². The van der Waals surface area contributed by atoms with Crippen LogP contribution in [-0.4, -0.2) is 0 Å². The smallest absolute Gasteiger partial charge is 0 e. The van der Waals surface area contributed by atoms with Gasteiger partial charge in [-0.05, 0) is 0 Å². The molecule has 0 saturated heterocycles. The molecule has 25 heteroatoms. The summed E-state index contributed by atoms with van der Waals surface area (Å²) in [6, 6.07) is 0. The Morgan fingerprint density at radius 2 is 0.200 bits per heavy atom. The Hall–Kier alpha value is 1.85. The summed E-state index contributed by atoms with van der Waals surface area (Å²) in [4.78, 5) is 0. The molecule has 0 saturated carbocycles. The molecule has 0 aliphatic heterocycles. The second kappa shape index (κ2) is 40.5. The average molecular weight is 586 g/mol.